The molecule has 0 saturated carbocycles. The molecule has 2 rings (SSSR count). The third-order valence-corrected chi connectivity index (χ3v) is 2.83. The number of carboxylic acid groups (broad SMARTS) is 2. The molecular weight excluding hydrogens is 340 g/mol. The van der Waals surface area contributed by atoms with Crippen molar-refractivity contribution in [1.29, 1.82) is 0 Å². The third-order valence-electron chi connectivity index (χ3n) is 2.83. The molecule has 0 unspecified atom stereocenters. The second-order valence-electron chi connectivity index (χ2n) is 4.98. The van der Waals surface area contributed by atoms with Gasteiger partial charge in [-0.15, -0.1) is 0 Å². The largest absolute Gasteiger partial charge is 0.508 e. The summed E-state index contributed by atoms with van der Waals surface area (Å²) >= 11 is 0. The van der Waals surface area contributed by atoms with E-state index >= 15 is 0 Å². The predicted molar refractivity (Wildman–Crippen MR) is 97.0 cm³/mol. The first-order valence-electron chi connectivity index (χ1n) is 7.69. The number of carboxylic acids is 2. The Morgan fingerprint density at radius 2 is 1.00 bits per heavy atom. The quantitative estimate of drug-likeness (QED) is 0.456. The molecule has 8 heteroatoms. The van der Waals surface area contributed by atoms with E-state index in [-0.39, 0.29) is 24.3 Å². The van der Waals surface area contributed by atoms with Crippen LogP contribution in [0.1, 0.15) is 11.1 Å². The highest BCUT2D eigenvalue weighted by Gasteiger charge is 2.04. The van der Waals surface area contributed by atoms with Crippen LogP contribution in [0.25, 0.3) is 0 Å². The summed E-state index contributed by atoms with van der Waals surface area (Å²) in [6, 6.07) is 12.8. The summed E-state index contributed by atoms with van der Waals surface area (Å²) in [5.74, 6) is -1.80. The summed E-state index contributed by atoms with van der Waals surface area (Å²) in [4.78, 5) is 20.4. The van der Waals surface area contributed by atoms with Gasteiger partial charge in [-0.2, -0.15) is 0 Å². The van der Waals surface area contributed by atoms with Crippen molar-refractivity contribution < 1.29 is 30.0 Å². The summed E-state index contributed by atoms with van der Waals surface area (Å²) in [5, 5.41) is 35.0. The number of phenols is 2. The Kier molecular flexibility index (Phi) is 11.6. The lowest BCUT2D eigenvalue weighted by atomic mass is 10.1. The summed E-state index contributed by atoms with van der Waals surface area (Å²) in [7, 11) is 0. The van der Waals surface area contributed by atoms with Crippen LogP contribution in [0.2, 0.25) is 0 Å². The van der Waals surface area contributed by atoms with Crippen LogP contribution in [-0.2, 0) is 22.4 Å². The summed E-state index contributed by atoms with van der Waals surface area (Å²) in [6.45, 7) is 1.19. The van der Waals surface area contributed by atoms with E-state index in [1.165, 1.54) is 12.1 Å². The molecule has 8 N–H and O–H groups in total. The third kappa shape index (κ3) is 10.6. The minimum absolute atomic E-state index is 0.0369. The van der Waals surface area contributed by atoms with E-state index < -0.39 is 11.9 Å². The van der Waals surface area contributed by atoms with Gasteiger partial charge in [-0.05, 0) is 12.1 Å². The topological polar surface area (TPSA) is 167 Å². The van der Waals surface area contributed by atoms with Crippen LogP contribution in [-0.4, -0.2) is 45.5 Å². The molecule has 0 aliphatic carbocycles. The highest BCUT2D eigenvalue weighted by Crippen LogP contribution is 2.16. The molecule has 2 aromatic carbocycles. The van der Waals surface area contributed by atoms with Crippen LogP contribution in [0.5, 0.6) is 11.5 Å². The van der Waals surface area contributed by atoms with E-state index in [9.17, 15) is 9.59 Å². The van der Waals surface area contributed by atoms with Crippen molar-refractivity contribution in [3.8, 4) is 11.5 Å². The molecule has 0 heterocycles. The molecule has 0 fully saturated rings. The van der Waals surface area contributed by atoms with E-state index in [0.717, 1.165) is 0 Å². The maximum Gasteiger partial charge on any atom is 0.307 e. The van der Waals surface area contributed by atoms with Crippen LogP contribution < -0.4 is 11.5 Å². The van der Waals surface area contributed by atoms with E-state index in [0.29, 0.717) is 24.2 Å². The lowest BCUT2D eigenvalue weighted by molar-refractivity contribution is -0.137. The van der Waals surface area contributed by atoms with Crippen LogP contribution in [0, 0.1) is 0 Å². The molecule has 26 heavy (non-hydrogen) atoms. The Balaban J connectivity index is 0.000000401. The molecule has 0 spiro atoms. The number of nitrogens with two attached hydrogens (primary N) is 2. The number of hydrogen-bond donors (Lipinski definition) is 6. The van der Waals surface area contributed by atoms with Gasteiger partial charge in [0.2, 0.25) is 0 Å². The molecule has 0 atom stereocenters. The van der Waals surface area contributed by atoms with Crippen LogP contribution in [0.4, 0.5) is 0 Å². The van der Waals surface area contributed by atoms with Gasteiger partial charge in [0.05, 0.1) is 12.8 Å². The lowest BCUT2D eigenvalue weighted by Crippen LogP contribution is -2.11. The van der Waals surface area contributed by atoms with Crippen LogP contribution >= 0.6 is 0 Å². The van der Waals surface area contributed by atoms with Gasteiger partial charge in [0.25, 0.3) is 0 Å². The first-order valence-corrected chi connectivity index (χ1v) is 7.69. The zero-order valence-electron chi connectivity index (χ0n) is 14.2. The summed E-state index contributed by atoms with van der Waals surface area (Å²) in [6.07, 6.45) is -0.265. The second-order valence-corrected chi connectivity index (χ2v) is 4.98. The molecule has 0 aromatic heterocycles. The molecule has 0 aliphatic rings. The van der Waals surface area contributed by atoms with Gasteiger partial charge in [0.15, 0.2) is 0 Å². The van der Waals surface area contributed by atoms with Crippen molar-refractivity contribution in [1.82, 2.24) is 0 Å². The SMILES string of the molecule is NCCN.O=C(O)Cc1ccccc1O.O=C(O)Cc1ccccc1O. The van der Waals surface area contributed by atoms with Gasteiger partial charge < -0.3 is 31.9 Å². The van der Waals surface area contributed by atoms with Gasteiger partial charge in [0, 0.05) is 24.2 Å². The molecule has 8 nitrogen and oxygen atoms in total. The zero-order valence-corrected chi connectivity index (χ0v) is 14.2. The maximum atomic E-state index is 10.2. The van der Waals surface area contributed by atoms with Crippen molar-refractivity contribution in [2.75, 3.05) is 13.1 Å². The van der Waals surface area contributed by atoms with Gasteiger partial charge >= 0.3 is 11.9 Å². The van der Waals surface area contributed by atoms with E-state index in [4.69, 9.17) is 31.9 Å². The number of benzene rings is 2. The predicted octanol–water partition coefficient (Wildman–Crippen LogP) is 0.942. The average molecular weight is 364 g/mol. The minimum Gasteiger partial charge on any atom is -0.508 e. The number of carbonyl (C=O) groups is 2. The summed E-state index contributed by atoms with van der Waals surface area (Å²) < 4.78 is 0. The van der Waals surface area contributed by atoms with Crippen molar-refractivity contribution in [3.63, 3.8) is 0 Å². The Morgan fingerprint density at radius 1 is 0.692 bits per heavy atom. The van der Waals surface area contributed by atoms with Crippen LogP contribution in [0.3, 0.4) is 0 Å². The summed E-state index contributed by atoms with van der Waals surface area (Å²) in [5.41, 5.74) is 10.7. The zero-order chi connectivity index (χ0) is 19.9. The molecule has 0 aliphatic heterocycles. The molecule has 0 radical (unpaired) electrons. The smallest absolute Gasteiger partial charge is 0.307 e. The number of phenolic OH excluding ortho intramolecular Hbond substituents is 2. The standard InChI is InChI=1S/2C8H8O3.C2H8N2/c2*9-7-4-2-1-3-6(7)5-8(10)11;3-1-2-4/h2*1-4,9H,5H2,(H,10,11);1-4H2. The molecular formula is C18H24N2O6. The normalized spacial score (nSPS) is 9.15. The van der Waals surface area contributed by atoms with E-state index in [1.807, 2.05) is 0 Å². The Bertz CT molecular complexity index is 631. The fourth-order valence-electron chi connectivity index (χ4n) is 1.65. The Morgan fingerprint density at radius 3 is 1.23 bits per heavy atom. The van der Waals surface area contributed by atoms with Crippen LogP contribution in [0.15, 0.2) is 48.5 Å². The van der Waals surface area contributed by atoms with E-state index in [2.05, 4.69) is 0 Å². The fraction of sp³-hybridized carbons (Fsp3) is 0.222. The van der Waals surface area contributed by atoms with Gasteiger partial charge in [0.1, 0.15) is 11.5 Å². The van der Waals surface area contributed by atoms with Crippen molar-refractivity contribution in [2.24, 2.45) is 11.5 Å². The first kappa shape index (κ1) is 22.9. The minimum atomic E-state index is -0.938. The van der Waals surface area contributed by atoms with Gasteiger partial charge in [-0.3, -0.25) is 9.59 Å². The first-order chi connectivity index (χ1) is 12.3. The lowest BCUT2D eigenvalue weighted by Gasteiger charge is -1.98. The average Bonchev–Trinajstić information content (AvgIpc) is 2.59. The monoisotopic (exact) mass is 364 g/mol. The highest BCUT2D eigenvalue weighted by molar-refractivity contribution is 5.71. The maximum absolute atomic E-state index is 10.2. The van der Waals surface area contributed by atoms with Crippen molar-refractivity contribution in [2.45, 2.75) is 12.8 Å². The molecule has 142 valence electrons. The molecule has 2 aromatic rings. The number of aliphatic carboxylic acids is 2. The number of hydrogen-bond acceptors (Lipinski definition) is 6. The molecule has 0 bridgehead atoms. The molecule has 0 saturated heterocycles. The van der Waals surface area contributed by atoms with Crippen molar-refractivity contribution >= 4 is 11.9 Å². The Labute approximate surface area is 151 Å². The number of aromatic hydroxyl groups is 2. The van der Waals surface area contributed by atoms with Gasteiger partial charge in [-0.1, -0.05) is 36.4 Å². The molecule has 0 amide bonds. The van der Waals surface area contributed by atoms with Gasteiger partial charge in [-0.25, -0.2) is 0 Å². The Hall–Kier alpha value is -3.10. The fourth-order valence-corrected chi connectivity index (χ4v) is 1.65. The number of para-hydroxylation sites is 2. The van der Waals surface area contributed by atoms with Crippen molar-refractivity contribution in [3.05, 3.63) is 59.7 Å². The van der Waals surface area contributed by atoms with E-state index in [1.54, 1.807) is 36.4 Å². The highest BCUT2D eigenvalue weighted by atomic mass is 16.4. The second kappa shape index (κ2) is 13.2. The number of rotatable bonds is 5.